The molecule has 15 atom stereocenters. The first-order valence-electron chi connectivity index (χ1n) is 12.2. The Kier molecular flexibility index (Phi) is 11.5. The van der Waals surface area contributed by atoms with Crippen LogP contribution >= 0.6 is 0 Å². The summed E-state index contributed by atoms with van der Waals surface area (Å²) in [5.41, 5.74) is 0. The Hall–Kier alpha value is -1.71. The number of aliphatic carboxylic acids is 1. The lowest BCUT2D eigenvalue weighted by Crippen LogP contribution is -2.68. The highest BCUT2D eigenvalue weighted by molar-refractivity contribution is 7.80. The minimum absolute atomic E-state index is 0.694. The number of carbonyl (C=O) groups is 2. The summed E-state index contributed by atoms with van der Waals surface area (Å²) in [5.74, 6) is -2.59. The first-order chi connectivity index (χ1) is 19.5. The van der Waals surface area contributed by atoms with Gasteiger partial charge in [-0.15, -0.1) is 0 Å². The highest BCUT2D eigenvalue weighted by Gasteiger charge is 2.55. The molecule has 1 amide bonds. The molecule has 0 aliphatic carbocycles. The van der Waals surface area contributed by atoms with Crippen LogP contribution < -0.4 is 5.32 Å². The van der Waals surface area contributed by atoms with Gasteiger partial charge in [-0.2, -0.15) is 8.42 Å². The number of rotatable bonds is 10. The summed E-state index contributed by atoms with van der Waals surface area (Å²) in [6.07, 6.45) is -28.2. The van der Waals surface area contributed by atoms with E-state index in [-0.39, 0.29) is 0 Å². The molecule has 3 aliphatic rings. The summed E-state index contributed by atoms with van der Waals surface area (Å²) in [5, 5.41) is 94.1. The van der Waals surface area contributed by atoms with Crippen LogP contribution in [0.25, 0.3) is 0 Å². The number of ether oxygens (including phenoxy) is 5. The van der Waals surface area contributed by atoms with Crippen molar-refractivity contribution in [3.63, 3.8) is 0 Å². The van der Waals surface area contributed by atoms with Crippen LogP contribution in [0.15, 0.2) is 0 Å². The van der Waals surface area contributed by atoms with Crippen LogP contribution in [0.1, 0.15) is 6.92 Å². The van der Waals surface area contributed by atoms with Crippen molar-refractivity contribution in [2.75, 3.05) is 13.2 Å². The van der Waals surface area contributed by atoms with Crippen molar-refractivity contribution < 1.29 is 96.4 Å². The van der Waals surface area contributed by atoms with E-state index in [9.17, 15) is 64.0 Å². The second-order valence-corrected chi connectivity index (χ2v) is 10.7. The van der Waals surface area contributed by atoms with E-state index in [0.717, 1.165) is 6.92 Å². The average molecular weight is 640 g/mol. The third-order valence-electron chi connectivity index (χ3n) is 6.67. The van der Waals surface area contributed by atoms with Gasteiger partial charge in [0.2, 0.25) is 5.91 Å². The number of carboxylic acids is 1. The predicted molar refractivity (Wildman–Crippen MR) is 124 cm³/mol. The van der Waals surface area contributed by atoms with Crippen molar-refractivity contribution in [2.45, 2.75) is 99.0 Å². The zero-order valence-electron chi connectivity index (χ0n) is 21.5. The molecule has 42 heavy (non-hydrogen) atoms. The van der Waals surface area contributed by atoms with Gasteiger partial charge in [-0.25, -0.2) is 8.98 Å². The number of amides is 1. The quantitative estimate of drug-likeness (QED) is 0.0988. The third kappa shape index (κ3) is 7.68. The maximum Gasteiger partial charge on any atom is 0.397 e. The molecule has 244 valence electrons. The Balaban J connectivity index is 1.87. The van der Waals surface area contributed by atoms with E-state index < -0.39 is 128 Å². The Morgan fingerprint density at radius 2 is 1.31 bits per heavy atom. The van der Waals surface area contributed by atoms with E-state index in [0.29, 0.717) is 0 Å². The Bertz CT molecular complexity index is 1050. The van der Waals surface area contributed by atoms with Gasteiger partial charge in [-0.05, 0) is 0 Å². The molecule has 0 spiro atoms. The molecule has 22 heteroatoms. The van der Waals surface area contributed by atoms with E-state index >= 15 is 0 Å². The number of nitrogens with one attached hydrogen (secondary N) is 1. The molecule has 3 saturated heterocycles. The average Bonchev–Trinajstić information content (AvgIpc) is 2.89. The lowest BCUT2D eigenvalue weighted by Gasteiger charge is -2.48. The van der Waals surface area contributed by atoms with Crippen molar-refractivity contribution in [3.8, 4) is 0 Å². The molecule has 0 saturated carbocycles. The first-order valence-corrected chi connectivity index (χ1v) is 13.6. The topological polar surface area (TPSA) is 338 Å². The van der Waals surface area contributed by atoms with Gasteiger partial charge in [0.15, 0.2) is 25.0 Å². The monoisotopic (exact) mass is 639 g/mol. The molecule has 21 nitrogen and oxygen atoms in total. The molecule has 3 heterocycles. The Morgan fingerprint density at radius 3 is 1.83 bits per heavy atom. The summed E-state index contributed by atoms with van der Waals surface area (Å²) in [7, 11) is -5.38. The fourth-order valence-electron chi connectivity index (χ4n) is 4.68. The van der Waals surface area contributed by atoms with Crippen molar-refractivity contribution in [1.82, 2.24) is 5.32 Å². The smallest absolute Gasteiger partial charge is 0.397 e. The number of carboxylic acid groups (broad SMARTS) is 1. The van der Waals surface area contributed by atoms with Gasteiger partial charge in [0.05, 0.1) is 13.2 Å². The molecule has 0 radical (unpaired) electrons. The van der Waals surface area contributed by atoms with Gasteiger partial charge in [0, 0.05) is 6.92 Å². The molecule has 0 aromatic rings. The van der Waals surface area contributed by atoms with E-state index in [1.165, 1.54) is 0 Å². The maximum atomic E-state index is 11.6. The number of hydrogen-bond donors (Lipinski definition) is 11. The molecule has 0 aromatic heterocycles. The zero-order valence-corrected chi connectivity index (χ0v) is 22.4. The molecule has 11 N–H and O–H groups in total. The van der Waals surface area contributed by atoms with Crippen LogP contribution in [0.4, 0.5) is 0 Å². The van der Waals surface area contributed by atoms with E-state index in [1.807, 2.05) is 0 Å². The Morgan fingerprint density at radius 1 is 0.762 bits per heavy atom. The SMILES string of the molecule is CC(=O)N[C@@H]1[C@@H](O)[C@H](O[C@@H]2O[C@H](CO)[C@H](O)[C@H](O[C@@H]3O[C@H](C(=O)O)[C@@H](O)[C@H](OS(=O)(=O)O)[C@H]3O)[C@H]2O)[C@@H](CO)O[C@H]1O. The molecule has 3 rings (SSSR count). The molecule has 0 bridgehead atoms. The molecular formula is C20H33NO20S. The molecule has 0 unspecified atom stereocenters. The van der Waals surface area contributed by atoms with Gasteiger partial charge in [-0.3, -0.25) is 9.35 Å². The minimum Gasteiger partial charge on any atom is -0.479 e. The molecular weight excluding hydrogens is 606 g/mol. The first kappa shape index (κ1) is 34.8. The fourth-order valence-corrected chi connectivity index (χ4v) is 5.19. The van der Waals surface area contributed by atoms with Crippen LogP contribution in [0.3, 0.4) is 0 Å². The third-order valence-corrected chi connectivity index (χ3v) is 7.13. The normalized spacial score (nSPS) is 44.9. The number of carbonyl (C=O) groups excluding carboxylic acids is 1. The van der Waals surface area contributed by atoms with Crippen molar-refractivity contribution in [3.05, 3.63) is 0 Å². The highest BCUT2D eigenvalue weighted by Crippen LogP contribution is 2.33. The predicted octanol–water partition coefficient (Wildman–Crippen LogP) is -7.51. The van der Waals surface area contributed by atoms with Crippen LogP contribution in [0, 0.1) is 0 Å². The van der Waals surface area contributed by atoms with Gasteiger partial charge in [-0.1, -0.05) is 0 Å². The van der Waals surface area contributed by atoms with Gasteiger partial charge < -0.3 is 75.0 Å². The van der Waals surface area contributed by atoms with Crippen LogP contribution in [0.5, 0.6) is 0 Å². The van der Waals surface area contributed by atoms with E-state index in [4.69, 9.17) is 28.2 Å². The summed E-state index contributed by atoms with van der Waals surface area (Å²) >= 11 is 0. The number of aliphatic hydroxyl groups excluding tert-OH is 8. The standard InChI is InChI=1S/C20H33NO20S/c1-4(24)21-7-9(26)13(6(3-23)36-18(7)32)38-19-11(28)14(8(25)5(2-22)37-19)39-20-12(29)15(41-42(33,34)35)10(27)16(40-20)17(30)31/h5-16,18-20,22-23,25-29,32H,2-3H2,1H3,(H,21,24)(H,30,31)(H,33,34,35)/t5-,6-,7-,8+,9-,10+,11-,12-,13-,14+,15+,16+,18-,19+,20-/m1/s1. The van der Waals surface area contributed by atoms with E-state index in [1.54, 1.807) is 0 Å². The van der Waals surface area contributed by atoms with Crippen molar-refractivity contribution in [1.29, 1.82) is 0 Å². The second kappa shape index (κ2) is 13.9. The maximum absolute atomic E-state index is 11.6. The lowest BCUT2D eigenvalue weighted by atomic mass is 9.95. The Labute approximate surface area is 236 Å². The molecule has 0 aromatic carbocycles. The van der Waals surface area contributed by atoms with Gasteiger partial charge in [0.25, 0.3) is 0 Å². The van der Waals surface area contributed by atoms with Crippen molar-refractivity contribution >= 4 is 22.3 Å². The van der Waals surface area contributed by atoms with Crippen LogP contribution in [-0.4, -0.2) is 176 Å². The zero-order chi connectivity index (χ0) is 31.7. The van der Waals surface area contributed by atoms with Crippen molar-refractivity contribution in [2.24, 2.45) is 0 Å². The number of hydrogen-bond acceptors (Lipinski definition) is 18. The number of aliphatic hydroxyl groups is 8. The minimum atomic E-state index is -5.38. The van der Waals surface area contributed by atoms with Crippen LogP contribution in [-0.2, 0) is 47.9 Å². The largest absolute Gasteiger partial charge is 0.479 e. The summed E-state index contributed by atoms with van der Waals surface area (Å²) < 4.78 is 62.0. The molecule has 3 fully saturated rings. The van der Waals surface area contributed by atoms with Crippen LogP contribution in [0.2, 0.25) is 0 Å². The second-order valence-electron chi connectivity index (χ2n) is 9.61. The fraction of sp³-hybridized carbons (Fsp3) is 0.900. The summed E-state index contributed by atoms with van der Waals surface area (Å²) in [4.78, 5) is 23.1. The summed E-state index contributed by atoms with van der Waals surface area (Å²) in [6, 6.07) is -1.49. The van der Waals surface area contributed by atoms with Gasteiger partial charge in [0.1, 0.15) is 67.1 Å². The summed E-state index contributed by atoms with van der Waals surface area (Å²) in [6.45, 7) is -0.762. The highest BCUT2D eigenvalue weighted by atomic mass is 32.3. The molecule has 3 aliphatic heterocycles. The lowest BCUT2D eigenvalue weighted by molar-refractivity contribution is -0.372. The van der Waals surface area contributed by atoms with E-state index in [2.05, 4.69) is 9.50 Å². The van der Waals surface area contributed by atoms with Gasteiger partial charge >= 0.3 is 16.4 Å².